The summed E-state index contributed by atoms with van der Waals surface area (Å²) in [5, 5.41) is 15.8. The number of hydrogen-bond acceptors (Lipinski definition) is 6. The SMILES string of the molecule is CC/C(=N/O)c1cc(C)c(-c2cnc3cc(NC(=O)C4CC4F)ncc3c2)cn1. The molecule has 1 amide bonds. The molecular weight excluding hydrogens is 373 g/mol. The first kappa shape index (κ1) is 18.9. The van der Waals surface area contributed by atoms with Crippen molar-refractivity contribution in [3.8, 4) is 11.1 Å². The van der Waals surface area contributed by atoms with Gasteiger partial charge in [0.2, 0.25) is 5.91 Å². The fraction of sp³-hybridized carbons (Fsp3) is 0.286. The number of oxime groups is 1. The van der Waals surface area contributed by atoms with Crippen LogP contribution in [0.3, 0.4) is 0 Å². The van der Waals surface area contributed by atoms with E-state index >= 15 is 0 Å². The highest BCUT2D eigenvalue weighted by molar-refractivity contribution is 5.99. The molecule has 4 rings (SSSR count). The van der Waals surface area contributed by atoms with Crippen LogP contribution in [-0.2, 0) is 4.79 Å². The summed E-state index contributed by atoms with van der Waals surface area (Å²) in [6.07, 6.45) is 4.91. The summed E-state index contributed by atoms with van der Waals surface area (Å²) in [4.78, 5) is 25.0. The van der Waals surface area contributed by atoms with Crippen LogP contribution in [0.1, 0.15) is 31.0 Å². The number of rotatable bonds is 5. The van der Waals surface area contributed by atoms with Crippen LogP contribution in [0.15, 0.2) is 41.9 Å². The number of aromatic nitrogens is 3. The van der Waals surface area contributed by atoms with E-state index in [-0.39, 0.29) is 12.3 Å². The lowest BCUT2D eigenvalue weighted by Crippen LogP contribution is -2.15. The predicted octanol–water partition coefficient (Wildman–Crippen LogP) is 3.89. The fourth-order valence-corrected chi connectivity index (χ4v) is 3.21. The van der Waals surface area contributed by atoms with E-state index in [1.165, 1.54) is 0 Å². The van der Waals surface area contributed by atoms with Gasteiger partial charge in [-0.25, -0.2) is 9.37 Å². The minimum Gasteiger partial charge on any atom is -0.411 e. The van der Waals surface area contributed by atoms with Gasteiger partial charge in [-0.1, -0.05) is 12.1 Å². The first-order valence-corrected chi connectivity index (χ1v) is 9.39. The number of fused-ring (bicyclic) bond motifs is 1. The molecule has 0 saturated heterocycles. The molecule has 3 heterocycles. The first-order chi connectivity index (χ1) is 14.0. The number of nitrogens with zero attached hydrogens (tertiary/aromatic N) is 4. The highest BCUT2D eigenvalue weighted by atomic mass is 19.1. The van der Waals surface area contributed by atoms with Crippen molar-refractivity contribution in [2.24, 2.45) is 11.1 Å². The van der Waals surface area contributed by atoms with Gasteiger partial charge in [0, 0.05) is 41.2 Å². The quantitative estimate of drug-likeness (QED) is 0.389. The Morgan fingerprint density at radius 3 is 2.69 bits per heavy atom. The lowest BCUT2D eigenvalue weighted by atomic mass is 10.0. The van der Waals surface area contributed by atoms with Gasteiger partial charge in [0.25, 0.3) is 0 Å². The standard InChI is InChI=1S/C21H20FN5O2/c1-3-17(27-29)19-4-11(2)15(10-24-19)12-5-13-9-25-20(7-18(13)23-8-12)26-21(28)14-6-16(14)22/h4-5,7-10,14,16,29H,3,6H2,1-2H3,(H,25,26,28)/b27-17-. The fourth-order valence-electron chi connectivity index (χ4n) is 3.21. The molecular formula is C21H20FN5O2. The largest absolute Gasteiger partial charge is 0.411 e. The van der Waals surface area contributed by atoms with E-state index < -0.39 is 12.1 Å². The Morgan fingerprint density at radius 2 is 2.03 bits per heavy atom. The molecule has 8 heteroatoms. The zero-order chi connectivity index (χ0) is 20.5. The lowest BCUT2D eigenvalue weighted by Gasteiger charge is -2.10. The molecule has 0 aliphatic heterocycles. The molecule has 1 fully saturated rings. The molecule has 3 aromatic heterocycles. The van der Waals surface area contributed by atoms with Crippen LogP contribution in [0.5, 0.6) is 0 Å². The Morgan fingerprint density at radius 1 is 1.24 bits per heavy atom. The molecule has 2 N–H and O–H groups in total. The Hall–Kier alpha value is -3.42. The highest BCUT2D eigenvalue weighted by Crippen LogP contribution is 2.34. The predicted molar refractivity (Wildman–Crippen MR) is 108 cm³/mol. The lowest BCUT2D eigenvalue weighted by molar-refractivity contribution is -0.117. The third-order valence-corrected chi connectivity index (χ3v) is 5.04. The molecule has 0 radical (unpaired) electrons. The van der Waals surface area contributed by atoms with Gasteiger partial charge < -0.3 is 10.5 Å². The van der Waals surface area contributed by atoms with Gasteiger partial charge in [0.15, 0.2) is 0 Å². The highest BCUT2D eigenvalue weighted by Gasteiger charge is 2.43. The number of hydrogen-bond donors (Lipinski definition) is 2. The van der Waals surface area contributed by atoms with Crippen molar-refractivity contribution in [1.29, 1.82) is 0 Å². The van der Waals surface area contributed by atoms with Gasteiger partial charge >= 0.3 is 0 Å². The molecule has 148 valence electrons. The molecule has 7 nitrogen and oxygen atoms in total. The van der Waals surface area contributed by atoms with Crippen LogP contribution in [0.4, 0.5) is 10.2 Å². The van der Waals surface area contributed by atoms with Crippen molar-refractivity contribution in [2.45, 2.75) is 32.9 Å². The van der Waals surface area contributed by atoms with E-state index in [1.807, 2.05) is 26.0 Å². The first-order valence-electron chi connectivity index (χ1n) is 9.39. The summed E-state index contributed by atoms with van der Waals surface area (Å²) < 4.78 is 13.0. The molecule has 1 aliphatic carbocycles. The van der Waals surface area contributed by atoms with Gasteiger partial charge in [-0.05, 0) is 37.5 Å². The van der Waals surface area contributed by atoms with Crippen molar-refractivity contribution >= 4 is 28.3 Å². The third kappa shape index (κ3) is 3.78. The number of halogens is 1. The molecule has 29 heavy (non-hydrogen) atoms. The summed E-state index contributed by atoms with van der Waals surface area (Å²) in [7, 11) is 0. The second kappa shape index (κ2) is 7.54. The van der Waals surface area contributed by atoms with Crippen molar-refractivity contribution in [3.05, 3.63) is 48.0 Å². The molecule has 3 aromatic rings. The van der Waals surface area contributed by atoms with Crippen molar-refractivity contribution in [3.63, 3.8) is 0 Å². The molecule has 2 unspecified atom stereocenters. The van der Waals surface area contributed by atoms with E-state index in [2.05, 4.69) is 25.4 Å². The van der Waals surface area contributed by atoms with Crippen LogP contribution < -0.4 is 5.32 Å². The molecule has 0 aromatic carbocycles. The van der Waals surface area contributed by atoms with E-state index in [4.69, 9.17) is 5.21 Å². The molecule has 1 saturated carbocycles. The number of pyridine rings is 3. The molecule has 0 spiro atoms. The number of nitrogens with one attached hydrogen (secondary N) is 1. The van der Waals surface area contributed by atoms with Gasteiger partial charge in [-0.15, -0.1) is 0 Å². The average molecular weight is 393 g/mol. The number of aryl methyl sites for hydroxylation is 1. The Bertz CT molecular complexity index is 1130. The summed E-state index contributed by atoms with van der Waals surface area (Å²) in [6.45, 7) is 3.86. The van der Waals surface area contributed by atoms with Gasteiger partial charge in [-0.2, -0.15) is 0 Å². The van der Waals surface area contributed by atoms with E-state index in [9.17, 15) is 9.18 Å². The zero-order valence-corrected chi connectivity index (χ0v) is 16.1. The van der Waals surface area contributed by atoms with Gasteiger partial charge in [0.05, 0.1) is 17.1 Å². The number of alkyl halides is 1. The normalized spacial score (nSPS) is 18.7. The van der Waals surface area contributed by atoms with E-state index in [1.54, 1.807) is 24.7 Å². The number of carbonyl (C=O) groups excluding carboxylic acids is 1. The van der Waals surface area contributed by atoms with Crippen molar-refractivity contribution in [2.75, 3.05) is 5.32 Å². The maximum Gasteiger partial charge on any atom is 0.231 e. The summed E-state index contributed by atoms with van der Waals surface area (Å²) in [5.74, 6) is -0.551. The summed E-state index contributed by atoms with van der Waals surface area (Å²) in [5.41, 5.74) is 4.61. The Kier molecular flexibility index (Phi) is 4.92. The molecule has 2 atom stereocenters. The van der Waals surface area contributed by atoms with E-state index in [0.717, 1.165) is 22.1 Å². The smallest absolute Gasteiger partial charge is 0.231 e. The third-order valence-electron chi connectivity index (χ3n) is 5.04. The Labute approximate surface area is 166 Å². The maximum absolute atomic E-state index is 13.0. The Balaban J connectivity index is 1.60. The number of amides is 1. The minimum absolute atomic E-state index is 0.275. The van der Waals surface area contributed by atoms with Crippen LogP contribution in [0.2, 0.25) is 0 Å². The van der Waals surface area contributed by atoms with Crippen molar-refractivity contribution in [1.82, 2.24) is 15.0 Å². The zero-order valence-electron chi connectivity index (χ0n) is 16.1. The van der Waals surface area contributed by atoms with Crippen LogP contribution in [0.25, 0.3) is 22.0 Å². The van der Waals surface area contributed by atoms with E-state index in [0.29, 0.717) is 29.2 Å². The summed E-state index contributed by atoms with van der Waals surface area (Å²) in [6, 6.07) is 5.50. The van der Waals surface area contributed by atoms with Crippen LogP contribution in [0, 0.1) is 12.8 Å². The molecule has 0 bridgehead atoms. The van der Waals surface area contributed by atoms with Crippen molar-refractivity contribution < 1.29 is 14.4 Å². The maximum atomic E-state index is 13.0. The van der Waals surface area contributed by atoms with Crippen LogP contribution >= 0.6 is 0 Å². The van der Waals surface area contributed by atoms with Crippen LogP contribution in [-0.4, -0.2) is 37.9 Å². The summed E-state index contributed by atoms with van der Waals surface area (Å²) >= 11 is 0. The number of carbonyl (C=O) groups is 1. The monoisotopic (exact) mass is 393 g/mol. The topological polar surface area (TPSA) is 100 Å². The molecule has 1 aliphatic rings. The minimum atomic E-state index is -1.04. The number of anilines is 1. The van der Waals surface area contributed by atoms with Gasteiger partial charge in [0.1, 0.15) is 17.7 Å². The second-order valence-corrected chi connectivity index (χ2v) is 7.12. The second-order valence-electron chi connectivity index (χ2n) is 7.12. The van der Waals surface area contributed by atoms with Gasteiger partial charge in [-0.3, -0.25) is 14.8 Å². The average Bonchev–Trinajstić information content (AvgIpc) is 3.45.